The van der Waals surface area contributed by atoms with Gasteiger partial charge in [-0.2, -0.15) is 0 Å². The lowest BCUT2D eigenvalue weighted by Gasteiger charge is -2.27. The summed E-state index contributed by atoms with van der Waals surface area (Å²) in [6.45, 7) is 1.84. The van der Waals surface area contributed by atoms with E-state index in [0.717, 1.165) is 25.7 Å². The summed E-state index contributed by atoms with van der Waals surface area (Å²) >= 11 is 0. The highest BCUT2D eigenvalue weighted by Crippen LogP contribution is 2.28. The molecular weight excluding hydrogens is 290 g/mol. The van der Waals surface area contributed by atoms with Crippen molar-refractivity contribution in [3.63, 3.8) is 0 Å². The Morgan fingerprint density at radius 2 is 1.86 bits per heavy atom. The molecule has 2 aliphatic rings. The summed E-state index contributed by atoms with van der Waals surface area (Å²) < 4.78 is 26.5. The van der Waals surface area contributed by atoms with Crippen molar-refractivity contribution in [2.75, 3.05) is 5.75 Å². The lowest BCUT2D eigenvalue weighted by molar-refractivity contribution is -0.129. The summed E-state index contributed by atoms with van der Waals surface area (Å²) in [6, 6.07) is 0. The Bertz CT molecular complexity index is 494. The Hall–Kier alpha value is -0.910. The van der Waals surface area contributed by atoms with E-state index in [4.69, 9.17) is 0 Å². The molecular formula is C15H25NO4S. The van der Waals surface area contributed by atoms with E-state index in [-0.39, 0.29) is 29.3 Å². The minimum atomic E-state index is -3.55. The number of nitrogens with one attached hydrogen (secondary N) is 1. The predicted molar refractivity (Wildman–Crippen MR) is 80.0 cm³/mol. The lowest BCUT2D eigenvalue weighted by atomic mass is 9.79. The minimum absolute atomic E-state index is 0.0543. The van der Waals surface area contributed by atoms with Gasteiger partial charge in [-0.3, -0.25) is 14.3 Å². The minimum Gasteiger partial charge on any atom is -0.300 e. The standard InChI is InChI=1S/C15H25NO4S/c1-11-9-13(17)7-8-14(11)15(18)16-21(19,20)10-12-5-3-2-4-6-12/h11-12,14H,2-10H2,1H3,(H,16,18). The smallest absolute Gasteiger partial charge is 0.236 e. The third-order valence-electron chi connectivity index (χ3n) is 4.74. The molecule has 2 rings (SSSR count). The van der Waals surface area contributed by atoms with E-state index < -0.39 is 15.9 Å². The number of Topliss-reactive ketones (excluding diaryl/α,β-unsaturated/α-hetero) is 1. The molecule has 0 radical (unpaired) electrons. The topological polar surface area (TPSA) is 80.3 Å². The molecule has 2 atom stereocenters. The van der Waals surface area contributed by atoms with Gasteiger partial charge in [0.1, 0.15) is 5.78 Å². The Morgan fingerprint density at radius 3 is 2.48 bits per heavy atom. The van der Waals surface area contributed by atoms with E-state index >= 15 is 0 Å². The first kappa shape index (κ1) is 16.5. The number of sulfonamides is 1. The van der Waals surface area contributed by atoms with Gasteiger partial charge in [-0.25, -0.2) is 8.42 Å². The zero-order valence-corrected chi connectivity index (χ0v) is 13.5. The summed E-state index contributed by atoms with van der Waals surface area (Å²) in [5.41, 5.74) is 0. The number of rotatable bonds is 4. The van der Waals surface area contributed by atoms with Gasteiger partial charge in [0.2, 0.25) is 15.9 Å². The van der Waals surface area contributed by atoms with Gasteiger partial charge in [-0.15, -0.1) is 0 Å². The van der Waals surface area contributed by atoms with Crippen LogP contribution in [0.15, 0.2) is 0 Å². The number of hydrogen-bond acceptors (Lipinski definition) is 4. The largest absolute Gasteiger partial charge is 0.300 e. The summed E-state index contributed by atoms with van der Waals surface area (Å²) in [5.74, 6) is -0.463. The summed E-state index contributed by atoms with van der Waals surface area (Å²) in [5, 5.41) is 0. The molecule has 21 heavy (non-hydrogen) atoms. The van der Waals surface area contributed by atoms with Crippen LogP contribution in [0.4, 0.5) is 0 Å². The average Bonchev–Trinajstić information content (AvgIpc) is 2.38. The van der Waals surface area contributed by atoms with Crippen LogP contribution in [0.3, 0.4) is 0 Å². The van der Waals surface area contributed by atoms with Gasteiger partial charge in [-0.1, -0.05) is 26.2 Å². The third-order valence-corrected chi connectivity index (χ3v) is 6.17. The van der Waals surface area contributed by atoms with Gasteiger partial charge in [-0.05, 0) is 31.1 Å². The fraction of sp³-hybridized carbons (Fsp3) is 0.867. The van der Waals surface area contributed by atoms with Crippen LogP contribution in [0.1, 0.15) is 58.3 Å². The molecule has 2 fully saturated rings. The molecule has 0 heterocycles. The SMILES string of the molecule is CC1CC(=O)CCC1C(=O)NS(=O)(=O)CC1CCCCC1. The molecule has 0 saturated heterocycles. The van der Waals surface area contributed by atoms with Crippen molar-refractivity contribution in [3.8, 4) is 0 Å². The van der Waals surface area contributed by atoms with Crippen LogP contribution < -0.4 is 4.72 Å². The van der Waals surface area contributed by atoms with Gasteiger partial charge in [0.15, 0.2) is 0 Å². The maximum atomic E-state index is 12.2. The number of carbonyl (C=O) groups is 2. The second kappa shape index (κ2) is 6.90. The number of ketones is 1. The zero-order valence-electron chi connectivity index (χ0n) is 12.6. The Kier molecular flexibility index (Phi) is 5.41. The predicted octanol–water partition coefficient (Wildman–Crippen LogP) is 2.02. The van der Waals surface area contributed by atoms with Crippen molar-refractivity contribution in [1.82, 2.24) is 4.72 Å². The molecule has 1 N–H and O–H groups in total. The first-order valence-corrected chi connectivity index (χ1v) is 9.58. The van der Waals surface area contributed by atoms with Crippen LogP contribution in [-0.2, 0) is 19.6 Å². The first-order valence-electron chi connectivity index (χ1n) is 7.93. The van der Waals surface area contributed by atoms with Gasteiger partial charge in [0, 0.05) is 18.8 Å². The monoisotopic (exact) mass is 315 g/mol. The number of carbonyl (C=O) groups excluding carboxylic acids is 2. The zero-order chi connectivity index (χ0) is 15.5. The van der Waals surface area contributed by atoms with Crippen molar-refractivity contribution in [1.29, 1.82) is 0 Å². The Balaban J connectivity index is 1.89. The fourth-order valence-corrected chi connectivity index (χ4v) is 5.02. The maximum Gasteiger partial charge on any atom is 0.236 e. The molecule has 120 valence electrons. The van der Waals surface area contributed by atoms with E-state index in [1.807, 2.05) is 6.92 Å². The number of amides is 1. The highest BCUT2D eigenvalue weighted by atomic mass is 32.2. The van der Waals surface area contributed by atoms with Gasteiger partial charge in [0.25, 0.3) is 0 Å². The van der Waals surface area contributed by atoms with E-state index in [9.17, 15) is 18.0 Å². The van der Waals surface area contributed by atoms with Crippen LogP contribution in [0.5, 0.6) is 0 Å². The van der Waals surface area contributed by atoms with Gasteiger partial charge in [0.05, 0.1) is 5.75 Å². The van der Waals surface area contributed by atoms with Crippen LogP contribution in [0.2, 0.25) is 0 Å². The number of hydrogen-bond donors (Lipinski definition) is 1. The quantitative estimate of drug-likeness (QED) is 0.860. The van der Waals surface area contributed by atoms with Crippen molar-refractivity contribution < 1.29 is 18.0 Å². The molecule has 0 aromatic carbocycles. The van der Waals surface area contributed by atoms with Crippen molar-refractivity contribution in [3.05, 3.63) is 0 Å². The van der Waals surface area contributed by atoms with E-state index in [2.05, 4.69) is 4.72 Å². The van der Waals surface area contributed by atoms with Crippen molar-refractivity contribution in [2.45, 2.75) is 58.3 Å². The Labute approximate surface area is 126 Å². The van der Waals surface area contributed by atoms with Crippen LogP contribution in [0, 0.1) is 17.8 Å². The molecule has 6 heteroatoms. The maximum absolute atomic E-state index is 12.2. The molecule has 2 saturated carbocycles. The van der Waals surface area contributed by atoms with E-state index in [1.54, 1.807) is 0 Å². The molecule has 2 aliphatic carbocycles. The molecule has 5 nitrogen and oxygen atoms in total. The molecule has 0 aliphatic heterocycles. The molecule has 1 amide bonds. The van der Waals surface area contributed by atoms with Gasteiger partial charge >= 0.3 is 0 Å². The summed E-state index contributed by atoms with van der Waals surface area (Å²) in [7, 11) is -3.55. The van der Waals surface area contributed by atoms with Crippen LogP contribution >= 0.6 is 0 Å². The van der Waals surface area contributed by atoms with Gasteiger partial charge < -0.3 is 0 Å². The highest BCUT2D eigenvalue weighted by Gasteiger charge is 2.33. The summed E-state index contributed by atoms with van der Waals surface area (Å²) in [6.07, 6.45) is 6.42. The third kappa shape index (κ3) is 4.80. The highest BCUT2D eigenvalue weighted by molar-refractivity contribution is 7.90. The molecule has 0 spiro atoms. The van der Waals surface area contributed by atoms with Crippen LogP contribution in [0.25, 0.3) is 0 Å². The van der Waals surface area contributed by atoms with E-state index in [1.165, 1.54) is 6.42 Å². The lowest BCUT2D eigenvalue weighted by Crippen LogP contribution is -2.42. The van der Waals surface area contributed by atoms with Crippen molar-refractivity contribution in [2.24, 2.45) is 17.8 Å². The second-order valence-corrected chi connectivity index (χ2v) is 8.38. The second-order valence-electron chi connectivity index (χ2n) is 6.62. The molecule has 0 aromatic heterocycles. The van der Waals surface area contributed by atoms with Crippen LogP contribution in [-0.4, -0.2) is 25.9 Å². The fourth-order valence-electron chi connectivity index (χ4n) is 3.53. The van der Waals surface area contributed by atoms with Crippen molar-refractivity contribution >= 4 is 21.7 Å². The molecule has 0 aromatic rings. The first-order chi connectivity index (χ1) is 9.87. The Morgan fingerprint density at radius 1 is 1.19 bits per heavy atom. The molecule has 0 bridgehead atoms. The molecule has 2 unspecified atom stereocenters. The summed E-state index contributed by atoms with van der Waals surface area (Å²) in [4.78, 5) is 23.5. The normalized spacial score (nSPS) is 28.3. The van der Waals surface area contributed by atoms with E-state index in [0.29, 0.717) is 19.3 Å². The average molecular weight is 315 g/mol.